The fourth-order valence-electron chi connectivity index (χ4n) is 4.76. The number of rotatable bonds is 5. The van der Waals surface area contributed by atoms with E-state index in [1.807, 2.05) is 48.2 Å². The molecule has 34 heavy (non-hydrogen) atoms. The van der Waals surface area contributed by atoms with Gasteiger partial charge in [-0.25, -0.2) is 14.4 Å². The maximum Gasteiger partial charge on any atom is 0.230 e. The van der Waals surface area contributed by atoms with Crippen LogP contribution in [-0.4, -0.2) is 31.3 Å². The van der Waals surface area contributed by atoms with E-state index < -0.39 is 0 Å². The van der Waals surface area contributed by atoms with Gasteiger partial charge < -0.3 is 4.42 Å². The molecule has 0 saturated heterocycles. The van der Waals surface area contributed by atoms with Crippen LogP contribution >= 0.6 is 11.8 Å². The van der Waals surface area contributed by atoms with Gasteiger partial charge in [0.05, 0.1) is 17.1 Å². The predicted octanol–water partition coefficient (Wildman–Crippen LogP) is 7.02. The van der Waals surface area contributed by atoms with Gasteiger partial charge in [-0.15, -0.1) is 0 Å². The molecule has 3 heterocycles. The van der Waals surface area contributed by atoms with E-state index in [9.17, 15) is 4.39 Å². The summed E-state index contributed by atoms with van der Waals surface area (Å²) in [5.41, 5.74) is 4.82. The minimum absolute atomic E-state index is 0.268. The van der Waals surface area contributed by atoms with E-state index in [4.69, 9.17) is 9.52 Å². The van der Waals surface area contributed by atoms with Crippen molar-refractivity contribution in [3.05, 3.63) is 79.0 Å². The quantitative estimate of drug-likeness (QED) is 0.276. The molecule has 2 atom stereocenters. The molecule has 1 aliphatic rings. The number of nitrogens with zero attached hydrogens (tertiary/aromatic N) is 4. The molecule has 0 amide bonds. The van der Waals surface area contributed by atoms with Gasteiger partial charge in [0.15, 0.2) is 0 Å². The average Bonchev–Trinajstić information content (AvgIpc) is 3.62. The van der Waals surface area contributed by atoms with Crippen LogP contribution in [0.5, 0.6) is 0 Å². The fourth-order valence-corrected chi connectivity index (χ4v) is 5.55. The molecule has 1 unspecified atom stereocenters. The highest BCUT2D eigenvalue weighted by Crippen LogP contribution is 2.40. The van der Waals surface area contributed by atoms with Crippen molar-refractivity contribution in [3.63, 3.8) is 0 Å². The molecule has 7 heteroatoms. The van der Waals surface area contributed by atoms with Gasteiger partial charge >= 0.3 is 0 Å². The number of fused-ring (bicyclic) bond motifs is 1. The fraction of sp³-hybridized carbons (Fsp3) is 0.222. The number of halogens is 1. The van der Waals surface area contributed by atoms with Gasteiger partial charge in [-0.1, -0.05) is 30.3 Å². The molecule has 0 radical (unpaired) electrons. The van der Waals surface area contributed by atoms with Crippen LogP contribution in [0.4, 0.5) is 4.39 Å². The second-order valence-electron chi connectivity index (χ2n) is 8.62. The molecule has 0 aliphatic heterocycles. The number of thioether (sulfide) groups is 1. The Kier molecular flexibility index (Phi) is 5.41. The topological polar surface area (TPSA) is 56.7 Å². The Labute approximate surface area is 201 Å². The van der Waals surface area contributed by atoms with Gasteiger partial charge in [0.25, 0.3) is 0 Å². The van der Waals surface area contributed by atoms with Crippen molar-refractivity contribution in [2.45, 2.75) is 30.6 Å². The van der Waals surface area contributed by atoms with Crippen LogP contribution in [0, 0.1) is 5.82 Å². The zero-order valence-corrected chi connectivity index (χ0v) is 19.5. The van der Waals surface area contributed by atoms with Crippen molar-refractivity contribution in [1.29, 1.82) is 0 Å². The Morgan fingerprint density at radius 2 is 1.79 bits per heavy atom. The summed E-state index contributed by atoms with van der Waals surface area (Å²) >= 11 is 1.92. The first-order chi connectivity index (χ1) is 16.7. The predicted molar refractivity (Wildman–Crippen MR) is 134 cm³/mol. The number of aromatic nitrogens is 4. The van der Waals surface area contributed by atoms with Crippen molar-refractivity contribution in [2.75, 3.05) is 6.26 Å². The summed E-state index contributed by atoms with van der Waals surface area (Å²) in [6.07, 6.45) is 9.16. The summed E-state index contributed by atoms with van der Waals surface area (Å²) in [5, 5.41) is 6.49. The molecule has 0 bridgehead atoms. The molecule has 5 nitrogen and oxygen atoms in total. The molecule has 0 spiro atoms. The van der Waals surface area contributed by atoms with Gasteiger partial charge in [-0.05, 0) is 55.9 Å². The Balaban J connectivity index is 1.50. The Morgan fingerprint density at radius 1 is 0.971 bits per heavy atom. The van der Waals surface area contributed by atoms with E-state index >= 15 is 0 Å². The van der Waals surface area contributed by atoms with Gasteiger partial charge in [0, 0.05) is 28.1 Å². The number of furan rings is 1. The first-order valence-corrected chi connectivity index (χ1v) is 12.7. The van der Waals surface area contributed by atoms with E-state index in [0.29, 0.717) is 17.0 Å². The van der Waals surface area contributed by atoms with E-state index in [2.05, 4.69) is 27.1 Å². The van der Waals surface area contributed by atoms with Crippen molar-refractivity contribution in [2.24, 2.45) is 0 Å². The van der Waals surface area contributed by atoms with Crippen LogP contribution in [0.2, 0.25) is 0 Å². The molecule has 0 N–H and O–H groups in total. The smallest absolute Gasteiger partial charge is 0.230 e. The molecular formula is C27H23FN4OS. The maximum absolute atomic E-state index is 13.7. The van der Waals surface area contributed by atoms with Gasteiger partial charge in [0.2, 0.25) is 5.71 Å². The van der Waals surface area contributed by atoms with Gasteiger partial charge in [-0.3, -0.25) is 4.68 Å². The molecule has 3 aromatic heterocycles. The van der Waals surface area contributed by atoms with Gasteiger partial charge in [0.1, 0.15) is 23.6 Å². The largest absolute Gasteiger partial charge is 0.438 e. The van der Waals surface area contributed by atoms with E-state index in [-0.39, 0.29) is 5.82 Å². The molecule has 1 saturated carbocycles. The van der Waals surface area contributed by atoms with Crippen molar-refractivity contribution >= 4 is 22.9 Å². The molecule has 5 aromatic rings. The molecule has 1 fully saturated rings. The third-order valence-electron chi connectivity index (χ3n) is 6.56. The highest BCUT2D eigenvalue weighted by molar-refractivity contribution is 7.99. The Hall–Kier alpha value is -3.45. The monoisotopic (exact) mass is 470 g/mol. The zero-order valence-electron chi connectivity index (χ0n) is 18.7. The van der Waals surface area contributed by atoms with E-state index in [1.165, 1.54) is 24.9 Å². The number of hydrogen-bond donors (Lipinski definition) is 0. The van der Waals surface area contributed by atoms with Crippen molar-refractivity contribution in [1.82, 2.24) is 19.7 Å². The first kappa shape index (κ1) is 21.1. The van der Waals surface area contributed by atoms with Crippen LogP contribution < -0.4 is 0 Å². The molecule has 170 valence electrons. The highest BCUT2D eigenvalue weighted by atomic mass is 32.2. The SMILES string of the molecule is CSC1CC[C@H](n2cc(-c3ncnc4oc(-c5ccccc5)cc34)c(-c3ccc(F)cc3)n2)C1. The lowest BCUT2D eigenvalue weighted by atomic mass is 10.0. The van der Waals surface area contributed by atoms with Crippen LogP contribution in [-0.2, 0) is 0 Å². The van der Waals surface area contributed by atoms with E-state index in [1.54, 1.807) is 12.1 Å². The van der Waals surface area contributed by atoms with Gasteiger partial charge in [-0.2, -0.15) is 16.9 Å². The number of hydrogen-bond acceptors (Lipinski definition) is 5. The summed E-state index contributed by atoms with van der Waals surface area (Å²) in [4.78, 5) is 9.03. The molecule has 2 aromatic carbocycles. The lowest BCUT2D eigenvalue weighted by molar-refractivity contribution is 0.469. The van der Waals surface area contributed by atoms with Crippen molar-refractivity contribution < 1.29 is 8.81 Å². The molecule has 6 rings (SSSR count). The summed E-state index contributed by atoms with van der Waals surface area (Å²) in [7, 11) is 0. The zero-order chi connectivity index (χ0) is 23.1. The second-order valence-corrected chi connectivity index (χ2v) is 9.76. The molecule has 1 aliphatic carbocycles. The minimum atomic E-state index is -0.268. The lowest BCUT2D eigenvalue weighted by Gasteiger charge is -2.10. The van der Waals surface area contributed by atoms with Crippen LogP contribution in [0.15, 0.2) is 77.6 Å². The summed E-state index contributed by atoms with van der Waals surface area (Å²) in [6.45, 7) is 0. The Morgan fingerprint density at radius 3 is 2.56 bits per heavy atom. The second kappa shape index (κ2) is 8.72. The van der Waals surface area contributed by atoms with Crippen molar-refractivity contribution in [3.8, 4) is 33.8 Å². The normalized spacial score (nSPS) is 18.1. The third kappa shape index (κ3) is 3.80. The average molecular weight is 471 g/mol. The standard InChI is InChI=1S/C27H23FN4OS/c1-34-21-12-11-20(13-21)32-15-23(25(31-32)18-7-9-19(28)10-8-18)26-22-14-24(17-5-3-2-4-6-17)33-27(22)30-16-29-26/h2-10,14-16,20-21H,11-13H2,1H3/t20-,21?/m0/s1. The first-order valence-electron chi connectivity index (χ1n) is 11.4. The highest BCUT2D eigenvalue weighted by Gasteiger charge is 2.28. The third-order valence-corrected chi connectivity index (χ3v) is 7.65. The maximum atomic E-state index is 13.7. The lowest BCUT2D eigenvalue weighted by Crippen LogP contribution is -2.06. The van der Waals surface area contributed by atoms with Crippen LogP contribution in [0.3, 0.4) is 0 Å². The van der Waals surface area contributed by atoms with Crippen LogP contribution in [0.1, 0.15) is 25.3 Å². The molecular weight excluding hydrogens is 447 g/mol. The summed E-state index contributed by atoms with van der Waals surface area (Å²) in [6, 6.07) is 18.8. The minimum Gasteiger partial charge on any atom is -0.438 e. The summed E-state index contributed by atoms with van der Waals surface area (Å²) in [5.74, 6) is 0.474. The van der Waals surface area contributed by atoms with Crippen LogP contribution in [0.25, 0.3) is 44.9 Å². The van der Waals surface area contributed by atoms with E-state index in [0.717, 1.165) is 52.1 Å². The summed E-state index contributed by atoms with van der Waals surface area (Å²) < 4.78 is 21.8. The number of benzene rings is 2. The Bertz CT molecular complexity index is 1450.